The smallest absolute Gasteiger partial charge is 0.0743 e. The summed E-state index contributed by atoms with van der Waals surface area (Å²) >= 11 is 0. The molecule has 1 spiro atoms. The van der Waals surface area contributed by atoms with E-state index in [1.807, 2.05) is 6.92 Å². The van der Waals surface area contributed by atoms with Crippen molar-refractivity contribution in [3.63, 3.8) is 0 Å². The average Bonchev–Trinajstić information content (AvgIpc) is 2.52. The van der Waals surface area contributed by atoms with Crippen molar-refractivity contribution in [1.82, 2.24) is 4.90 Å². The molecule has 1 aliphatic carbocycles. The van der Waals surface area contributed by atoms with E-state index in [4.69, 9.17) is 0 Å². The van der Waals surface area contributed by atoms with Gasteiger partial charge in [-0.15, -0.1) is 0 Å². The molecule has 0 radical (unpaired) electrons. The van der Waals surface area contributed by atoms with Crippen LogP contribution in [0, 0.1) is 5.41 Å². The molecular formula is C12H23NO. The van der Waals surface area contributed by atoms with Gasteiger partial charge in [0.15, 0.2) is 0 Å². The van der Waals surface area contributed by atoms with Gasteiger partial charge in [-0.05, 0) is 31.6 Å². The maximum Gasteiger partial charge on any atom is 0.0743 e. The van der Waals surface area contributed by atoms with Gasteiger partial charge < -0.3 is 5.11 Å². The van der Waals surface area contributed by atoms with Crippen molar-refractivity contribution in [3.8, 4) is 0 Å². The van der Waals surface area contributed by atoms with Gasteiger partial charge in [0.2, 0.25) is 0 Å². The van der Waals surface area contributed by atoms with Crippen LogP contribution in [0.3, 0.4) is 0 Å². The highest BCUT2D eigenvalue weighted by Crippen LogP contribution is 2.45. The molecule has 2 fully saturated rings. The van der Waals surface area contributed by atoms with E-state index in [-0.39, 0.29) is 0 Å². The van der Waals surface area contributed by atoms with E-state index in [1.54, 1.807) is 0 Å². The molecule has 2 heteroatoms. The average molecular weight is 197 g/mol. The number of aliphatic hydroxyl groups is 1. The van der Waals surface area contributed by atoms with E-state index >= 15 is 0 Å². The van der Waals surface area contributed by atoms with Crippen LogP contribution in [0.2, 0.25) is 0 Å². The molecule has 1 heterocycles. The van der Waals surface area contributed by atoms with Crippen molar-refractivity contribution in [3.05, 3.63) is 0 Å². The topological polar surface area (TPSA) is 23.5 Å². The van der Waals surface area contributed by atoms with Crippen LogP contribution >= 0.6 is 0 Å². The maximum absolute atomic E-state index is 9.95. The van der Waals surface area contributed by atoms with Crippen molar-refractivity contribution < 1.29 is 5.11 Å². The highest BCUT2D eigenvalue weighted by atomic mass is 16.3. The van der Waals surface area contributed by atoms with E-state index in [9.17, 15) is 5.11 Å². The second kappa shape index (κ2) is 3.49. The molecule has 2 aliphatic rings. The standard InChI is InChI=1S/C12H23NO/c1-3-11(2,14)8-13-9-12(10-13)6-4-5-7-12/h14H,3-10H2,1-2H3. The number of hydrogen-bond acceptors (Lipinski definition) is 2. The van der Waals surface area contributed by atoms with Gasteiger partial charge in [-0.3, -0.25) is 4.90 Å². The van der Waals surface area contributed by atoms with Gasteiger partial charge in [0.05, 0.1) is 5.60 Å². The Labute approximate surface area is 87.3 Å². The number of hydrogen-bond donors (Lipinski definition) is 1. The van der Waals surface area contributed by atoms with Crippen molar-refractivity contribution in [2.75, 3.05) is 19.6 Å². The fraction of sp³-hybridized carbons (Fsp3) is 1.00. The SMILES string of the molecule is CCC(C)(O)CN1CC2(CCCC2)C1. The lowest BCUT2D eigenvalue weighted by Gasteiger charge is -2.50. The zero-order chi connectivity index (χ0) is 10.2. The van der Waals surface area contributed by atoms with Crippen LogP contribution in [0.4, 0.5) is 0 Å². The molecule has 0 amide bonds. The molecule has 0 aromatic carbocycles. The second-order valence-electron chi connectivity index (χ2n) is 5.70. The summed E-state index contributed by atoms with van der Waals surface area (Å²) in [6, 6.07) is 0. The van der Waals surface area contributed by atoms with Crippen LogP contribution in [-0.2, 0) is 0 Å². The third-order valence-corrected chi connectivity index (χ3v) is 4.11. The minimum atomic E-state index is -0.472. The Morgan fingerprint density at radius 1 is 1.29 bits per heavy atom. The van der Waals surface area contributed by atoms with Crippen molar-refractivity contribution >= 4 is 0 Å². The minimum Gasteiger partial charge on any atom is -0.389 e. The maximum atomic E-state index is 9.95. The summed E-state index contributed by atoms with van der Waals surface area (Å²) in [5.74, 6) is 0. The first-order valence-corrected chi connectivity index (χ1v) is 6.00. The fourth-order valence-electron chi connectivity index (χ4n) is 3.05. The van der Waals surface area contributed by atoms with Crippen LogP contribution in [0.1, 0.15) is 46.0 Å². The number of nitrogens with zero attached hydrogens (tertiary/aromatic N) is 1. The third kappa shape index (κ3) is 1.96. The lowest BCUT2D eigenvalue weighted by atomic mass is 9.77. The van der Waals surface area contributed by atoms with Gasteiger partial charge in [0.1, 0.15) is 0 Å². The van der Waals surface area contributed by atoms with Crippen LogP contribution in [0.5, 0.6) is 0 Å². The van der Waals surface area contributed by atoms with E-state index < -0.39 is 5.60 Å². The molecule has 2 rings (SSSR count). The van der Waals surface area contributed by atoms with E-state index in [0.29, 0.717) is 5.41 Å². The molecule has 1 N–H and O–H groups in total. The number of β-amino-alcohol motifs (C(OH)–C–C–N with tert-alkyl or cyclic N) is 1. The van der Waals surface area contributed by atoms with Gasteiger partial charge >= 0.3 is 0 Å². The molecule has 1 atom stereocenters. The largest absolute Gasteiger partial charge is 0.389 e. The Morgan fingerprint density at radius 2 is 1.86 bits per heavy atom. The van der Waals surface area contributed by atoms with Crippen molar-refractivity contribution in [1.29, 1.82) is 0 Å². The first-order valence-electron chi connectivity index (χ1n) is 6.00. The fourth-order valence-corrected chi connectivity index (χ4v) is 3.05. The number of likely N-dealkylation sites (tertiary alicyclic amines) is 1. The molecule has 2 nitrogen and oxygen atoms in total. The Hall–Kier alpha value is -0.0800. The van der Waals surface area contributed by atoms with Gasteiger partial charge in [-0.1, -0.05) is 19.8 Å². The van der Waals surface area contributed by atoms with Gasteiger partial charge in [0.25, 0.3) is 0 Å². The van der Waals surface area contributed by atoms with Gasteiger partial charge in [0, 0.05) is 19.6 Å². The molecule has 0 aromatic rings. The Morgan fingerprint density at radius 3 is 2.36 bits per heavy atom. The minimum absolute atomic E-state index is 0.472. The Bertz CT molecular complexity index is 198. The zero-order valence-electron chi connectivity index (χ0n) is 9.55. The summed E-state index contributed by atoms with van der Waals surface area (Å²) in [6.45, 7) is 7.36. The molecule has 0 aromatic heterocycles. The van der Waals surface area contributed by atoms with E-state index in [2.05, 4.69) is 11.8 Å². The van der Waals surface area contributed by atoms with Gasteiger partial charge in [-0.25, -0.2) is 0 Å². The normalized spacial score (nSPS) is 30.2. The molecule has 14 heavy (non-hydrogen) atoms. The number of rotatable bonds is 3. The summed E-state index contributed by atoms with van der Waals surface area (Å²) < 4.78 is 0. The lowest BCUT2D eigenvalue weighted by Crippen LogP contribution is -2.58. The molecule has 0 bridgehead atoms. The summed E-state index contributed by atoms with van der Waals surface area (Å²) in [5, 5.41) is 9.95. The molecule has 82 valence electrons. The van der Waals surface area contributed by atoms with Crippen LogP contribution in [0.25, 0.3) is 0 Å². The highest BCUT2D eigenvalue weighted by molar-refractivity contribution is 4.99. The Kier molecular flexibility index (Phi) is 2.61. The van der Waals surface area contributed by atoms with Crippen molar-refractivity contribution in [2.45, 2.75) is 51.6 Å². The molecule has 1 aliphatic heterocycles. The van der Waals surface area contributed by atoms with Crippen LogP contribution < -0.4 is 0 Å². The molecular weight excluding hydrogens is 174 g/mol. The Balaban J connectivity index is 1.77. The van der Waals surface area contributed by atoms with E-state index in [0.717, 1.165) is 13.0 Å². The predicted molar refractivity (Wildman–Crippen MR) is 58.3 cm³/mol. The van der Waals surface area contributed by atoms with Gasteiger partial charge in [-0.2, -0.15) is 0 Å². The zero-order valence-corrected chi connectivity index (χ0v) is 9.55. The quantitative estimate of drug-likeness (QED) is 0.748. The van der Waals surface area contributed by atoms with Crippen molar-refractivity contribution in [2.24, 2.45) is 5.41 Å². The summed E-state index contributed by atoms with van der Waals surface area (Å²) in [6.07, 6.45) is 6.57. The summed E-state index contributed by atoms with van der Waals surface area (Å²) in [5.41, 5.74) is 0.198. The lowest BCUT2D eigenvalue weighted by molar-refractivity contribution is -0.0593. The molecule has 1 unspecified atom stereocenters. The summed E-state index contributed by atoms with van der Waals surface area (Å²) in [4.78, 5) is 2.43. The first kappa shape index (κ1) is 10.4. The second-order valence-corrected chi connectivity index (χ2v) is 5.70. The monoisotopic (exact) mass is 197 g/mol. The molecule has 1 saturated heterocycles. The highest BCUT2D eigenvalue weighted by Gasteiger charge is 2.45. The van der Waals surface area contributed by atoms with E-state index in [1.165, 1.54) is 38.8 Å². The van der Waals surface area contributed by atoms with Crippen LogP contribution in [0.15, 0.2) is 0 Å². The first-order chi connectivity index (χ1) is 6.55. The third-order valence-electron chi connectivity index (χ3n) is 4.11. The van der Waals surface area contributed by atoms with Crippen LogP contribution in [-0.4, -0.2) is 35.2 Å². The predicted octanol–water partition coefficient (Wildman–Crippen LogP) is 2.02. The molecule has 1 saturated carbocycles. The summed E-state index contributed by atoms with van der Waals surface area (Å²) in [7, 11) is 0.